The minimum Gasteiger partial charge on any atom is -0.453 e. The highest BCUT2D eigenvalue weighted by atomic mass is 16.5. The summed E-state index contributed by atoms with van der Waals surface area (Å²) in [5.41, 5.74) is 5.10. The van der Waals surface area contributed by atoms with E-state index in [9.17, 15) is 14.9 Å². The summed E-state index contributed by atoms with van der Waals surface area (Å²) in [5.74, 6) is -1.09. The van der Waals surface area contributed by atoms with Crippen molar-refractivity contribution < 1.29 is 14.3 Å². The number of ether oxygens (including phenoxy) is 1. The van der Waals surface area contributed by atoms with Crippen molar-refractivity contribution in [2.45, 2.75) is 53.1 Å². The van der Waals surface area contributed by atoms with Crippen LogP contribution in [0.25, 0.3) is 6.08 Å². The van der Waals surface area contributed by atoms with Gasteiger partial charge in [0.05, 0.1) is 0 Å². The van der Waals surface area contributed by atoms with Gasteiger partial charge in [0.15, 0.2) is 6.61 Å². The molecule has 0 atom stereocenters. The Morgan fingerprint density at radius 2 is 1.90 bits per heavy atom. The van der Waals surface area contributed by atoms with Gasteiger partial charge in [-0.1, -0.05) is 6.08 Å². The Balaban J connectivity index is 1.72. The first-order valence-electron chi connectivity index (χ1n) is 10.1. The van der Waals surface area contributed by atoms with Gasteiger partial charge in [0.2, 0.25) is 5.78 Å². The first kappa shape index (κ1) is 21.4. The van der Waals surface area contributed by atoms with E-state index in [4.69, 9.17) is 4.74 Å². The molecule has 0 aromatic carbocycles. The lowest BCUT2D eigenvalue weighted by atomic mass is 10.1. The Bertz CT molecular complexity index is 1090. The van der Waals surface area contributed by atoms with Crippen LogP contribution in [-0.2, 0) is 16.1 Å². The first-order valence-corrected chi connectivity index (χ1v) is 10.1. The Morgan fingerprint density at radius 3 is 2.50 bits per heavy atom. The summed E-state index contributed by atoms with van der Waals surface area (Å²) in [6.45, 7) is 11.7. The molecule has 0 spiro atoms. The minimum absolute atomic E-state index is 0.115. The van der Waals surface area contributed by atoms with Crippen molar-refractivity contribution in [2.24, 2.45) is 0 Å². The van der Waals surface area contributed by atoms with E-state index in [-0.39, 0.29) is 11.4 Å². The van der Waals surface area contributed by atoms with Crippen molar-refractivity contribution in [1.29, 1.82) is 5.26 Å². The zero-order chi connectivity index (χ0) is 22.0. The fourth-order valence-electron chi connectivity index (χ4n) is 3.92. The number of nitrogens with zero attached hydrogens (tertiary/aromatic N) is 3. The smallest absolute Gasteiger partial charge is 0.349 e. The van der Waals surface area contributed by atoms with Crippen LogP contribution in [-0.4, -0.2) is 27.5 Å². The summed E-state index contributed by atoms with van der Waals surface area (Å²) in [7, 11) is 0. The van der Waals surface area contributed by atoms with Crippen LogP contribution in [0.1, 0.15) is 57.6 Å². The predicted octanol–water partition coefficient (Wildman–Crippen LogP) is 4.38. The standard InChI is InChI=1S/C24H27N3O3/c1-6-9-26-15(2)11-22(18(26)5)23(28)14-30-24(29)20(13-25)12-19-10-16(3)27(17(19)4)21-7-8-21/h6,10-12,21H,1,7-9,14H2,2-5H3/b20-12+. The molecule has 30 heavy (non-hydrogen) atoms. The predicted molar refractivity (Wildman–Crippen MR) is 115 cm³/mol. The second-order valence-electron chi connectivity index (χ2n) is 7.78. The number of carbonyl (C=O) groups excluding carboxylic acids is 2. The van der Waals surface area contributed by atoms with Crippen molar-refractivity contribution in [3.8, 4) is 6.07 Å². The van der Waals surface area contributed by atoms with Crippen molar-refractivity contribution in [1.82, 2.24) is 9.13 Å². The van der Waals surface area contributed by atoms with Gasteiger partial charge >= 0.3 is 5.97 Å². The highest BCUT2D eigenvalue weighted by Gasteiger charge is 2.27. The number of Topliss-reactive ketones (excluding diaryl/α,β-unsaturated/α-hetero) is 1. The van der Waals surface area contributed by atoms with Gasteiger partial charge in [-0.15, -0.1) is 6.58 Å². The topological polar surface area (TPSA) is 77.0 Å². The van der Waals surface area contributed by atoms with E-state index in [1.807, 2.05) is 44.4 Å². The Hall–Kier alpha value is -3.33. The number of ketones is 1. The molecule has 2 aromatic rings. The molecule has 156 valence electrons. The molecule has 1 saturated carbocycles. The fourth-order valence-corrected chi connectivity index (χ4v) is 3.92. The summed E-state index contributed by atoms with van der Waals surface area (Å²) >= 11 is 0. The number of rotatable bonds is 8. The average molecular weight is 405 g/mol. The first-order chi connectivity index (χ1) is 14.3. The van der Waals surface area contributed by atoms with E-state index in [0.29, 0.717) is 18.2 Å². The van der Waals surface area contributed by atoms with Gasteiger partial charge in [0.25, 0.3) is 0 Å². The molecule has 0 aliphatic heterocycles. The molecular weight excluding hydrogens is 378 g/mol. The van der Waals surface area contributed by atoms with Gasteiger partial charge in [-0.05, 0) is 64.3 Å². The van der Waals surface area contributed by atoms with Crippen LogP contribution < -0.4 is 0 Å². The highest BCUT2D eigenvalue weighted by Crippen LogP contribution is 2.38. The zero-order valence-electron chi connectivity index (χ0n) is 18.0. The molecule has 0 unspecified atom stereocenters. The molecule has 1 aliphatic carbocycles. The van der Waals surface area contributed by atoms with Crippen LogP contribution in [0.2, 0.25) is 0 Å². The number of carbonyl (C=O) groups is 2. The lowest BCUT2D eigenvalue weighted by molar-refractivity contribution is -0.137. The summed E-state index contributed by atoms with van der Waals surface area (Å²) < 4.78 is 9.38. The Morgan fingerprint density at radius 1 is 1.20 bits per heavy atom. The van der Waals surface area contributed by atoms with Gasteiger partial charge < -0.3 is 13.9 Å². The number of nitriles is 1. The number of allylic oxidation sites excluding steroid dienone is 1. The van der Waals surface area contributed by atoms with Crippen LogP contribution in [0, 0.1) is 39.0 Å². The van der Waals surface area contributed by atoms with Gasteiger partial charge in [-0.2, -0.15) is 5.26 Å². The van der Waals surface area contributed by atoms with E-state index < -0.39 is 12.6 Å². The third kappa shape index (κ3) is 4.16. The molecule has 0 N–H and O–H groups in total. The molecule has 2 heterocycles. The van der Waals surface area contributed by atoms with E-state index in [1.54, 1.807) is 18.2 Å². The van der Waals surface area contributed by atoms with Crippen LogP contribution in [0.4, 0.5) is 0 Å². The van der Waals surface area contributed by atoms with Crippen molar-refractivity contribution in [3.05, 3.63) is 64.3 Å². The number of hydrogen-bond donors (Lipinski definition) is 0. The summed E-state index contributed by atoms with van der Waals surface area (Å²) in [5, 5.41) is 9.45. The van der Waals surface area contributed by atoms with E-state index in [0.717, 1.165) is 41.2 Å². The van der Waals surface area contributed by atoms with Crippen LogP contribution in [0.15, 0.2) is 30.4 Å². The number of aromatic nitrogens is 2. The molecule has 1 fully saturated rings. The van der Waals surface area contributed by atoms with Gasteiger partial charge in [-0.3, -0.25) is 4.79 Å². The maximum atomic E-state index is 12.6. The number of aryl methyl sites for hydroxylation is 2. The van der Waals surface area contributed by atoms with E-state index >= 15 is 0 Å². The molecule has 6 nitrogen and oxygen atoms in total. The normalized spacial score (nSPS) is 13.8. The summed E-state index contributed by atoms with van der Waals surface area (Å²) in [4.78, 5) is 25.0. The number of hydrogen-bond acceptors (Lipinski definition) is 4. The third-order valence-corrected chi connectivity index (χ3v) is 5.60. The molecule has 6 heteroatoms. The second-order valence-corrected chi connectivity index (χ2v) is 7.78. The number of esters is 1. The maximum Gasteiger partial charge on any atom is 0.349 e. The third-order valence-electron chi connectivity index (χ3n) is 5.60. The van der Waals surface area contributed by atoms with Crippen molar-refractivity contribution in [2.75, 3.05) is 6.61 Å². The largest absolute Gasteiger partial charge is 0.453 e. The Labute approximate surface area is 177 Å². The fraction of sp³-hybridized carbons (Fsp3) is 0.375. The second kappa shape index (κ2) is 8.58. The monoisotopic (exact) mass is 405 g/mol. The van der Waals surface area contributed by atoms with Gasteiger partial charge in [0, 0.05) is 40.9 Å². The molecule has 0 bridgehead atoms. The Kier molecular flexibility index (Phi) is 6.12. The zero-order valence-corrected chi connectivity index (χ0v) is 18.0. The minimum atomic E-state index is -0.790. The molecule has 0 radical (unpaired) electrons. The lowest BCUT2D eigenvalue weighted by Gasteiger charge is -2.07. The molecule has 0 amide bonds. The molecule has 3 rings (SSSR count). The SMILES string of the molecule is C=CCn1c(C)cc(C(=O)COC(=O)/C(C#N)=C/c2cc(C)n(C3CC3)c2C)c1C. The summed E-state index contributed by atoms with van der Waals surface area (Å²) in [6, 6.07) is 6.17. The lowest BCUT2D eigenvalue weighted by Crippen LogP contribution is -2.16. The van der Waals surface area contributed by atoms with Gasteiger partial charge in [-0.25, -0.2) is 4.79 Å². The van der Waals surface area contributed by atoms with E-state index in [2.05, 4.69) is 11.1 Å². The van der Waals surface area contributed by atoms with Gasteiger partial charge in [0.1, 0.15) is 11.6 Å². The van der Waals surface area contributed by atoms with Crippen molar-refractivity contribution in [3.63, 3.8) is 0 Å². The maximum absolute atomic E-state index is 12.6. The molecule has 0 saturated heterocycles. The van der Waals surface area contributed by atoms with Crippen LogP contribution in [0.5, 0.6) is 0 Å². The molecule has 2 aromatic heterocycles. The molecular formula is C24H27N3O3. The average Bonchev–Trinajstić information content (AvgIpc) is 3.45. The van der Waals surface area contributed by atoms with Crippen LogP contribution in [0.3, 0.4) is 0 Å². The van der Waals surface area contributed by atoms with Crippen molar-refractivity contribution >= 4 is 17.8 Å². The van der Waals surface area contributed by atoms with Crippen LogP contribution >= 0.6 is 0 Å². The highest BCUT2D eigenvalue weighted by molar-refractivity contribution is 6.02. The molecule has 1 aliphatic rings. The quantitative estimate of drug-likeness (QED) is 0.215. The van der Waals surface area contributed by atoms with E-state index in [1.165, 1.54) is 0 Å². The summed E-state index contributed by atoms with van der Waals surface area (Å²) in [6.07, 6.45) is 5.62.